The third-order valence-corrected chi connectivity index (χ3v) is 5.39. The van der Waals surface area contributed by atoms with Crippen LogP contribution in [-0.2, 0) is 13.4 Å². The summed E-state index contributed by atoms with van der Waals surface area (Å²) in [4.78, 5) is 31.0. The van der Waals surface area contributed by atoms with E-state index in [0.29, 0.717) is 0 Å². The smallest absolute Gasteiger partial charge is 0.325 e. The molecule has 0 saturated heterocycles. The van der Waals surface area contributed by atoms with Gasteiger partial charge < -0.3 is 24.3 Å². The molecule has 0 spiro atoms. The van der Waals surface area contributed by atoms with E-state index >= 15 is 0 Å². The minimum atomic E-state index is -5.05. The van der Waals surface area contributed by atoms with Gasteiger partial charge in [0.05, 0.1) is 5.70 Å². The van der Waals surface area contributed by atoms with Crippen LogP contribution in [0.2, 0.25) is 0 Å². The first kappa shape index (κ1) is 21.6. The average molecular weight is 429 g/mol. The van der Waals surface area contributed by atoms with Crippen molar-refractivity contribution >= 4 is 38.9 Å². The summed E-state index contributed by atoms with van der Waals surface area (Å²) in [7, 11) is -10.1. The van der Waals surface area contributed by atoms with Crippen molar-refractivity contribution in [2.24, 2.45) is 0 Å². The van der Waals surface area contributed by atoms with Crippen LogP contribution in [0, 0.1) is 0 Å². The highest BCUT2D eigenvalue weighted by atomic mass is 32.2. The molecule has 1 aliphatic heterocycles. The molecule has 0 amide bonds. The predicted molar refractivity (Wildman–Crippen MR) is 105 cm³/mol. The van der Waals surface area contributed by atoms with Crippen molar-refractivity contribution in [1.82, 2.24) is 4.72 Å². The quantitative estimate of drug-likeness (QED) is 0.365. The van der Waals surface area contributed by atoms with Crippen LogP contribution in [-0.4, -0.2) is 19.6 Å². The van der Waals surface area contributed by atoms with Crippen molar-refractivity contribution in [1.29, 1.82) is 0 Å². The first-order chi connectivity index (χ1) is 12.7. The molecule has 0 atom stereocenters. The molecule has 0 unspecified atom stereocenters. The standard InChI is InChI=1S/C16H13NS.H4O7P2/c1-3-7-13(8-4-1)15-11-12-18-17-16(15)14-9-5-2-6-10-14;1-8(2,3)7-9(4,5)6/h1-12,17H;(H2,1,2,3)(H2,4,5,6). The van der Waals surface area contributed by atoms with Gasteiger partial charge in [0.1, 0.15) is 0 Å². The van der Waals surface area contributed by atoms with Gasteiger partial charge in [-0.3, -0.25) is 0 Å². The van der Waals surface area contributed by atoms with E-state index in [4.69, 9.17) is 19.6 Å². The molecular formula is C16H17NO7P2S. The molecule has 0 aromatic heterocycles. The van der Waals surface area contributed by atoms with Gasteiger partial charge in [-0.05, 0) is 34.6 Å². The van der Waals surface area contributed by atoms with Crippen LogP contribution in [0.3, 0.4) is 0 Å². The Morgan fingerprint density at radius 3 is 1.70 bits per heavy atom. The Morgan fingerprint density at radius 2 is 1.26 bits per heavy atom. The first-order valence-corrected chi connectivity index (χ1v) is 11.4. The molecule has 8 nitrogen and oxygen atoms in total. The van der Waals surface area contributed by atoms with E-state index in [1.54, 1.807) is 11.9 Å². The molecule has 5 N–H and O–H groups in total. The Morgan fingerprint density at radius 1 is 0.778 bits per heavy atom. The van der Waals surface area contributed by atoms with Gasteiger partial charge >= 0.3 is 15.6 Å². The lowest BCUT2D eigenvalue weighted by Gasteiger charge is -2.17. The fourth-order valence-corrected chi connectivity index (χ4v) is 3.88. The number of hydrogen-bond donors (Lipinski definition) is 5. The van der Waals surface area contributed by atoms with Crippen molar-refractivity contribution in [3.05, 3.63) is 83.3 Å². The summed E-state index contributed by atoms with van der Waals surface area (Å²) in [5, 5.41) is 2.08. The predicted octanol–water partition coefficient (Wildman–Crippen LogP) is 3.51. The fraction of sp³-hybridized carbons (Fsp3) is 0. The molecule has 2 aromatic rings. The Balaban J connectivity index is 0.000000249. The zero-order valence-electron chi connectivity index (χ0n) is 13.7. The van der Waals surface area contributed by atoms with Crippen molar-refractivity contribution in [3.63, 3.8) is 0 Å². The number of nitrogens with one attached hydrogen (secondary N) is 1. The molecule has 0 saturated carbocycles. The Hall–Kier alpha value is -1.67. The van der Waals surface area contributed by atoms with Gasteiger partial charge in [-0.1, -0.05) is 60.7 Å². The van der Waals surface area contributed by atoms with E-state index in [-0.39, 0.29) is 0 Å². The minimum absolute atomic E-state index is 1.18. The van der Waals surface area contributed by atoms with E-state index in [9.17, 15) is 9.13 Å². The molecule has 0 fully saturated rings. The third-order valence-electron chi connectivity index (χ3n) is 3.09. The van der Waals surface area contributed by atoms with Gasteiger partial charge in [0.2, 0.25) is 0 Å². The highest BCUT2D eigenvalue weighted by Gasteiger charge is 2.27. The summed E-state index contributed by atoms with van der Waals surface area (Å²) in [6.07, 6.45) is 2.17. The fourth-order valence-electron chi connectivity index (χ4n) is 2.15. The highest BCUT2D eigenvalue weighted by molar-refractivity contribution is 8.00. The molecule has 0 radical (unpaired) electrons. The molecule has 27 heavy (non-hydrogen) atoms. The minimum Gasteiger partial charge on any atom is -0.325 e. The number of hydrogen-bond acceptors (Lipinski definition) is 5. The number of allylic oxidation sites excluding steroid dienone is 2. The number of benzene rings is 2. The monoisotopic (exact) mass is 429 g/mol. The zero-order chi connectivity index (χ0) is 19.9. The lowest BCUT2D eigenvalue weighted by atomic mass is 10.00. The zero-order valence-corrected chi connectivity index (χ0v) is 16.3. The van der Waals surface area contributed by atoms with Gasteiger partial charge in [-0.15, -0.1) is 0 Å². The van der Waals surface area contributed by atoms with E-state index in [1.165, 1.54) is 22.4 Å². The lowest BCUT2D eigenvalue weighted by Crippen LogP contribution is -2.07. The van der Waals surface area contributed by atoms with E-state index < -0.39 is 15.6 Å². The average Bonchev–Trinajstić information content (AvgIpc) is 2.61. The highest BCUT2D eigenvalue weighted by Crippen LogP contribution is 2.53. The molecule has 11 heteroatoms. The normalized spacial score (nSPS) is 14.2. The van der Waals surface area contributed by atoms with E-state index in [0.717, 1.165) is 0 Å². The summed E-state index contributed by atoms with van der Waals surface area (Å²) in [5.74, 6) is 0. The first-order valence-electron chi connectivity index (χ1n) is 7.41. The molecule has 2 aromatic carbocycles. The van der Waals surface area contributed by atoms with Crippen LogP contribution >= 0.6 is 27.6 Å². The second-order valence-electron chi connectivity index (χ2n) is 5.11. The van der Waals surface area contributed by atoms with Crippen LogP contribution in [0.1, 0.15) is 11.1 Å². The van der Waals surface area contributed by atoms with E-state index in [2.05, 4.69) is 69.0 Å². The third kappa shape index (κ3) is 7.84. The molecule has 0 bridgehead atoms. The van der Waals surface area contributed by atoms with Crippen molar-refractivity contribution in [3.8, 4) is 0 Å². The Kier molecular flexibility index (Phi) is 7.61. The molecular weight excluding hydrogens is 412 g/mol. The van der Waals surface area contributed by atoms with Gasteiger partial charge in [-0.2, -0.15) is 4.31 Å². The van der Waals surface area contributed by atoms with Crippen molar-refractivity contribution in [2.75, 3.05) is 0 Å². The SMILES string of the molecule is C1=CC(c2ccccc2)=C(c2ccccc2)NS1.O=P(O)(O)OP(=O)(O)O. The molecule has 3 rings (SSSR count). The van der Waals surface area contributed by atoms with E-state index in [1.807, 2.05) is 12.1 Å². The Bertz CT molecular complexity index is 887. The molecule has 0 aliphatic carbocycles. The maximum absolute atomic E-state index is 9.63. The largest absolute Gasteiger partial charge is 0.478 e. The molecule has 1 heterocycles. The summed E-state index contributed by atoms with van der Waals surface area (Å²) >= 11 is 1.61. The van der Waals surface area contributed by atoms with Crippen LogP contribution in [0.5, 0.6) is 0 Å². The Labute approximate surface area is 160 Å². The maximum Gasteiger partial charge on any atom is 0.478 e. The number of phosphoric acid groups is 2. The summed E-state index contributed by atoms with van der Waals surface area (Å²) in [6, 6.07) is 20.9. The summed E-state index contributed by atoms with van der Waals surface area (Å²) < 4.78 is 25.6. The molecule has 1 aliphatic rings. The molecule has 144 valence electrons. The maximum atomic E-state index is 9.63. The van der Waals surface area contributed by atoms with Crippen LogP contribution in [0.15, 0.2) is 72.1 Å². The van der Waals surface area contributed by atoms with Gasteiger partial charge in [-0.25, -0.2) is 9.13 Å². The lowest BCUT2D eigenvalue weighted by molar-refractivity contribution is 0.225. The summed E-state index contributed by atoms with van der Waals surface area (Å²) in [5.41, 5.74) is 4.86. The number of rotatable bonds is 4. The van der Waals surface area contributed by atoms with Crippen LogP contribution < -0.4 is 4.72 Å². The summed E-state index contributed by atoms with van der Waals surface area (Å²) in [6.45, 7) is 0. The second-order valence-corrected chi connectivity index (χ2v) is 8.43. The van der Waals surface area contributed by atoms with Crippen LogP contribution in [0.25, 0.3) is 11.3 Å². The van der Waals surface area contributed by atoms with Crippen LogP contribution in [0.4, 0.5) is 0 Å². The topological polar surface area (TPSA) is 136 Å². The van der Waals surface area contributed by atoms with Crippen molar-refractivity contribution < 1.29 is 33.0 Å². The van der Waals surface area contributed by atoms with Gasteiger partial charge in [0, 0.05) is 5.57 Å². The second kappa shape index (κ2) is 9.50. The van der Waals surface area contributed by atoms with Crippen molar-refractivity contribution in [2.45, 2.75) is 0 Å². The van der Waals surface area contributed by atoms with Gasteiger partial charge in [0.25, 0.3) is 0 Å². The van der Waals surface area contributed by atoms with Gasteiger partial charge in [0.15, 0.2) is 0 Å².